The van der Waals surface area contributed by atoms with Gasteiger partial charge in [0, 0.05) is 26.2 Å². The fraction of sp³-hybridized carbons (Fsp3) is 0.571. The predicted octanol–water partition coefficient (Wildman–Crippen LogP) is 1.57. The first-order valence-electron chi connectivity index (χ1n) is 6.81. The van der Waals surface area contributed by atoms with E-state index in [1.165, 1.54) is 5.56 Å². The molecule has 3 rings (SSSR count). The lowest BCUT2D eigenvalue weighted by Gasteiger charge is -2.16. The molecule has 2 atom stereocenters. The van der Waals surface area contributed by atoms with Crippen molar-refractivity contribution in [3.63, 3.8) is 0 Å². The normalized spacial score (nSPS) is 27.7. The van der Waals surface area contributed by atoms with Gasteiger partial charge in [-0.05, 0) is 35.1 Å². The molecule has 0 aromatic heterocycles. The van der Waals surface area contributed by atoms with Crippen molar-refractivity contribution >= 4 is 10.0 Å². The van der Waals surface area contributed by atoms with E-state index in [9.17, 15) is 8.42 Å². The van der Waals surface area contributed by atoms with Gasteiger partial charge >= 0.3 is 0 Å². The van der Waals surface area contributed by atoms with Gasteiger partial charge in [0.1, 0.15) is 0 Å². The number of fused-ring (bicyclic) bond motifs is 1. The van der Waals surface area contributed by atoms with E-state index in [4.69, 9.17) is 0 Å². The lowest BCUT2D eigenvalue weighted by atomic mass is 10.0. The molecule has 1 fully saturated rings. The third kappa shape index (κ3) is 2.20. The molecule has 104 valence electrons. The van der Waals surface area contributed by atoms with Crippen LogP contribution in [0.4, 0.5) is 0 Å². The minimum absolute atomic E-state index is 0.436. The lowest BCUT2D eigenvalue weighted by Crippen LogP contribution is -2.29. The topological polar surface area (TPSA) is 49.4 Å². The van der Waals surface area contributed by atoms with Crippen LogP contribution in [0.25, 0.3) is 0 Å². The number of rotatable bonds is 2. The molecular weight excluding hydrogens is 260 g/mol. The Morgan fingerprint density at radius 3 is 2.42 bits per heavy atom. The Bertz CT molecular complexity index is 587. The summed E-state index contributed by atoms with van der Waals surface area (Å²) in [6, 6.07) is 5.51. The Hall–Kier alpha value is -0.910. The van der Waals surface area contributed by atoms with Gasteiger partial charge in [-0.15, -0.1) is 0 Å². The molecule has 1 aromatic rings. The quantitative estimate of drug-likeness (QED) is 0.894. The molecule has 5 heteroatoms. The molecular formula is C14H20N2O2S. The Morgan fingerprint density at radius 2 is 1.74 bits per heavy atom. The first-order valence-corrected chi connectivity index (χ1v) is 8.25. The maximum absolute atomic E-state index is 12.6. The van der Waals surface area contributed by atoms with Gasteiger partial charge in [0.2, 0.25) is 10.0 Å². The number of nitrogens with one attached hydrogen (secondary N) is 1. The molecule has 4 nitrogen and oxygen atoms in total. The molecule has 2 aliphatic heterocycles. The van der Waals surface area contributed by atoms with Crippen LogP contribution in [0.3, 0.4) is 0 Å². The van der Waals surface area contributed by atoms with Gasteiger partial charge in [-0.2, -0.15) is 4.31 Å². The molecule has 0 spiro atoms. The average Bonchev–Trinajstić information content (AvgIpc) is 2.96. The second kappa shape index (κ2) is 4.58. The number of benzene rings is 1. The van der Waals surface area contributed by atoms with Gasteiger partial charge in [0.25, 0.3) is 0 Å². The van der Waals surface area contributed by atoms with E-state index >= 15 is 0 Å². The van der Waals surface area contributed by atoms with E-state index in [1.807, 2.05) is 12.1 Å². The summed E-state index contributed by atoms with van der Waals surface area (Å²) in [5.74, 6) is 0.872. The first-order chi connectivity index (χ1) is 8.98. The standard InChI is InChI=1S/C14H20N2O2S/c1-10-8-16(9-11(10)2)19(17,18)14-4-3-12-6-15-7-13(12)5-14/h3-5,10-11,15H,6-9H2,1-2H3. The van der Waals surface area contributed by atoms with Gasteiger partial charge in [-0.3, -0.25) is 0 Å². The van der Waals surface area contributed by atoms with E-state index in [0.29, 0.717) is 29.8 Å². The highest BCUT2D eigenvalue weighted by atomic mass is 32.2. The lowest BCUT2D eigenvalue weighted by molar-refractivity contribution is 0.463. The number of nitrogens with zero attached hydrogens (tertiary/aromatic N) is 1. The molecule has 0 saturated carbocycles. The van der Waals surface area contributed by atoms with Crippen molar-refractivity contribution < 1.29 is 8.42 Å². The van der Waals surface area contributed by atoms with Crippen LogP contribution in [0.5, 0.6) is 0 Å². The van der Waals surface area contributed by atoms with Crippen LogP contribution < -0.4 is 5.32 Å². The molecule has 0 bridgehead atoms. The summed E-state index contributed by atoms with van der Waals surface area (Å²) in [6.07, 6.45) is 0. The zero-order chi connectivity index (χ0) is 13.6. The largest absolute Gasteiger partial charge is 0.309 e. The summed E-state index contributed by atoms with van der Waals surface area (Å²) < 4.78 is 26.9. The van der Waals surface area contributed by atoms with Crippen LogP contribution in [0.2, 0.25) is 0 Å². The van der Waals surface area contributed by atoms with Crippen molar-refractivity contribution in [1.82, 2.24) is 9.62 Å². The van der Waals surface area contributed by atoms with Crippen LogP contribution in [0.15, 0.2) is 23.1 Å². The Labute approximate surface area is 114 Å². The summed E-state index contributed by atoms with van der Waals surface area (Å²) in [4.78, 5) is 0.441. The Morgan fingerprint density at radius 1 is 1.11 bits per heavy atom. The Kier molecular flexibility index (Phi) is 3.15. The van der Waals surface area contributed by atoms with E-state index in [0.717, 1.165) is 18.7 Å². The van der Waals surface area contributed by atoms with Crippen LogP contribution in [-0.2, 0) is 23.1 Å². The molecule has 0 amide bonds. The van der Waals surface area contributed by atoms with Gasteiger partial charge in [-0.1, -0.05) is 19.9 Å². The van der Waals surface area contributed by atoms with E-state index in [-0.39, 0.29) is 0 Å². The highest BCUT2D eigenvalue weighted by Gasteiger charge is 2.35. The van der Waals surface area contributed by atoms with Crippen molar-refractivity contribution in [1.29, 1.82) is 0 Å². The SMILES string of the molecule is CC1CN(S(=O)(=O)c2ccc3c(c2)CNC3)CC1C. The number of sulfonamides is 1. The minimum Gasteiger partial charge on any atom is -0.309 e. The molecule has 19 heavy (non-hydrogen) atoms. The molecule has 2 aliphatic rings. The van der Waals surface area contributed by atoms with Gasteiger partial charge < -0.3 is 5.32 Å². The zero-order valence-electron chi connectivity index (χ0n) is 11.4. The smallest absolute Gasteiger partial charge is 0.243 e. The Balaban J connectivity index is 1.93. The second-order valence-corrected chi connectivity index (χ2v) is 7.75. The van der Waals surface area contributed by atoms with E-state index < -0.39 is 10.0 Å². The molecule has 1 aromatic carbocycles. The molecule has 1 saturated heterocycles. The average molecular weight is 280 g/mol. The maximum atomic E-state index is 12.6. The monoisotopic (exact) mass is 280 g/mol. The van der Waals surface area contributed by atoms with Gasteiger partial charge in [-0.25, -0.2) is 8.42 Å². The highest BCUT2D eigenvalue weighted by Crippen LogP contribution is 2.29. The van der Waals surface area contributed by atoms with Crippen LogP contribution in [-0.4, -0.2) is 25.8 Å². The molecule has 2 heterocycles. The summed E-state index contributed by atoms with van der Waals surface area (Å²) in [5, 5.41) is 3.24. The van der Waals surface area contributed by atoms with Crippen molar-refractivity contribution in [2.45, 2.75) is 31.8 Å². The molecule has 0 radical (unpaired) electrons. The second-order valence-electron chi connectivity index (χ2n) is 5.81. The predicted molar refractivity (Wildman–Crippen MR) is 74.1 cm³/mol. The summed E-state index contributed by atoms with van der Waals surface area (Å²) in [5.41, 5.74) is 2.32. The summed E-state index contributed by atoms with van der Waals surface area (Å²) in [7, 11) is -3.32. The van der Waals surface area contributed by atoms with E-state index in [1.54, 1.807) is 10.4 Å². The van der Waals surface area contributed by atoms with Crippen molar-refractivity contribution in [2.75, 3.05) is 13.1 Å². The van der Waals surface area contributed by atoms with E-state index in [2.05, 4.69) is 19.2 Å². The van der Waals surface area contributed by atoms with Crippen molar-refractivity contribution in [3.8, 4) is 0 Å². The molecule has 2 unspecified atom stereocenters. The fourth-order valence-electron chi connectivity index (χ4n) is 2.85. The summed E-state index contributed by atoms with van der Waals surface area (Å²) in [6.45, 7) is 7.12. The minimum atomic E-state index is -3.32. The zero-order valence-corrected chi connectivity index (χ0v) is 12.2. The third-order valence-corrected chi connectivity index (χ3v) is 6.23. The van der Waals surface area contributed by atoms with Crippen LogP contribution in [0, 0.1) is 11.8 Å². The van der Waals surface area contributed by atoms with Crippen LogP contribution >= 0.6 is 0 Å². The highest BCUT2D eigenvalue weighted by molar-refractivity contribution is 7.89. The third-order valence-electron chi connectivity index (χ3n) is 4.40. The van der Waals surface area contributed by atoms with Gasteiger partial charge in [0.15, 0.2) is 0 Å². The number of hydrogen-bond acceptors (Lipinski definition) is 3. The molecule has 0 aliphatic carbocycles. The fourth-order valence-corrected chi connectivity index (χ4v) is 4.55. The maximum Gasteiger partial charge on any atom is 0.243 e. The van der Waals surface area contributed by atoms with Crippen molar-refractivity contribution in [3.05, 3.63) is 29.3 Å². The van der Waals surface area contributed by atoms with Gasteiger partial charge in [0.05, 0.1) is 4.90 Å². The van der Waals surface area contributed by atoms with Crippen molar-refractivity contribution in [2.24, 2.45) is 11.8 Å². The number of hydrogen-bond donors (Lipinski definition) is 1. The van der Waals surface area contributed by atoms with Crippen LogP contribution in [0.1, 0.15) is 25.0 Å². The summed E-state index contributed by atoms with van der Waals surface area (Å²) >= 11 is 0. The molecule has 1 N–H and O–H groups in total. The first kappa shape index (κ1) is 13.1.